The fourth-order valence-corrected chi connectivity index (χ4v) is 2.71. The third-order valence-electron chi connectivity index (χ3n) is 3.13. The number of fused-ring (bicyclic) bond motifs is 1. The molecule has 0 atom stereocenters. The Hall–Kier alpha value is -1.39. The summed E-state index contributed by atoms with van der Waals surface area (Å²) >= 11 is 1.70. The number of hydrogen-bond acceptors (Lipinski definition) is 3. The summed E-state index contributed by atoms with van der Waals surface area (Å²) in [5.74, 6) is 0.633. The Morgan fingerprint density at radius 3 is 3.06 bits per heavy atom. The van der Waals surface area contributed by atoms with Gasteiger partial charge in [-0.15, -0.1) is 11.3 Å². The minimum Gasteiger partial charge on any atom is -0.352 e. The van der Waals surface area contributed by atoms with Gasteiger partial charge in [0.25, 0.3) is 5.91 Å². The molecule has 88 valence electrons. The second kappa shape index (κ2) is 4.47. The van der Waals surface area contributed by atoms with E-state index in [1.165, 1.54) is 4.70 Å². The standard InChI is InChI=1S/C13H14N2OS/c16-13(15-8-9-6-14-7-9)11-1-2-12-10(5-11)3-4-17-12/h1-5,9,14H,6-8H2,(H,15,16). The van der Waals surface area contributed by atoms with Gasteiger partial charge in [-0.2, -0.15) is 0 Å². The van der Waals surface area contributed by atoms with Crippen LogP contribution < -0.4 is 10.6 Å². The highest BCUT2D eigenvalue weighted by Crippen LogP contribution is 2.21. The average Bonchev–Trinajstić information content (AvgIpc) is 2.73. The smallest absolute Gasteiger partial charge is 0.251 e. The van der Waals surface area contributed by atoms with Crippen molar-refractivity contribution < 1.29 is 4.79 Å². The van der Waals surface area contributed by atoms with E-state index in [2.05, 4.69) is 10.6 Å². The number of carbonyl (C=O) groups excluding carboxylic acids is 1. The van der Waals surface area contributed by atoms with Gasteiger partial charge >= 0.3 is 0 Å². The van der Waals surface area contributed by atoms with Gasteiger partial charge in [-0.3, -0.25) is 4.79 Å². The third-order valence-corrected chi connectivity index (χ3v) is 4.03. The van der Waals surface area contributed by atoms with Crippen LogP contribution in [-0.4, -0.2) is 25.5 Å². The molecule has 2 N–H and O–H groups in total. The van der Waals surface area contributed by atoms with E-state index in [0.717, 1.165) is 30.6 Å². The molecular formula is C13H14N2OS. The van der Waals surface area contributed by atoms with Crippen LogP contribution in [0.3, 0.4) is 0 Å². The number of hydrogen-bond donors (Lipinski definition) is 2. The predicted octanol–water partition coefficient (Wildman–Crippen LogP) is 1.85. The second-order valence-electron chi connectivity index (χ2n) is 4.41. The first kappa shape index (κ1) is 10.7. The predicted molar refractivity (Wildman–Crippen MR) is 70.5 cm³/mol. The van der Waals surface area contributed by atoms with E-state index in [0.29, 0.717) is 5.92 Å². The van der Waals surface area contributed by atoms with Gasteiger partial charge in [0, 0.05) is 35.8 Å². The monoisotopic (exact) mass is 246 g/mol. The third kappa shape index (κ3) is 2.18. The second-order valence-corrected chi connectivity index (χ2v) is 5.36. The summed E-state index contributed by atoms with van der Waals surface area (Å²) < 4.78 is 1.23. The van der Waals surface area contributed by atoms with Crippen LogP contribution in [0.15, 0.2) is 29.6 Å². The molecule has 3 rings (SSSR count). The van der Waals surface area contributed by atoms with Gasteiger partial charge in [0.15, 0.2) is 0 Å². The van der Waals surface area contributed by atoms with Crippen molar-refractivity contribution in [1.82, 2.24) is 10.6 Å². The minimum absolute atomic E-state index is 0.0324. The normalized spacial score (nSPS) is 15.8. The highest BCUT2D eigenvalue weighted by Gasteiger charge is 2.17. The van der Waals surface area contributed by atoms with Gasteiger partial charge in [-0.05, 0) is 35.0 Å². The topological polar surface area (TPSA) is 41.1 Å². The van der Waals surface area contributed by atoms with Gasteiger partial charge in [0.2, 0.25) is 0 Å². The quantitative estimate of drug-likeness (QED) is 0.868. The highest BCUT2D eigenvalue weighted by atomic mass is 32.1. The first-order chi connectivity index (χ1) is 8.33. The van der Waals surface area contributed by atoms with Crippen LogP contribution in [0.1, 0.15) is 10.4 Å². The molecule has 0 spiro atoms. The maximum absolute atomic E-state index is 11.9. The first-order valence-corrected chi connectivity index (χ1v) is 6.67. The maximum Gasteiger partial charge on any atom is 0.251 e. The Morgan fingerprint density at radius 2 is 2.29 bits per heavy atom. The summed E-state index contributed by atoms with van der Waals surface area (Å²) in [5.41, 5.74) is 0.753. The van der Waals surface area contributed by atoms with Crippen LogP contribution in [0, 0.1) is 5.92 Å². The van der Waals surface area contributed by atoms with E-state index in [1.807, 2.05) is 29.6 Å². The Labute approximate surface area is 104 Å². The lowest BCUT2D eigenvalue weighted by molar-refractivity contribution is 0.0942. The molecule has 4 heteroatoms. The van der Waals surface area contributed by atoms with Crippen LogP contribution in [0.2, 0.25) is 0 Å². The number of nitrogens with one attached hydrogen (secondary N) is 2. The number of amides is 1. The first-order valence-electron chi connectivity index (χ1n) is 5.79. The Bertz CT molecular complexity index is 545. The van der Waals surface area contributed by atoms with Gasteiger partial charge in [0.1, 0.15) is 0 Å². The Balaban J connectivity index is 1.70. The van der Waals surface area contributed by atoms with Gasteiger partial charge in [-0.25, -0.2) is 0 Å². The lowest BCUT2D eigenvalue weighted by Gasteiger charge is -2.27. The summed E-state index contributed by atoms with van der Waals surface area (Å²) in [6.45, 7) is 2.81. The molecule has 1 amide bonds. The van der Waals surface area contributed by atoms with Crippen LogP contribution in [0.5, 0.6) is 0 Å². The Morgan fingerprint density at radius 1 is 1.41 bits per heavy atom. The average molecular weight is 246 g/mol. The zero-order chi connectivity index (χ0) is 11.7. The molecule has 1 fully saturated rings. The summed E-state index contributed by atoms with van der Waals surface area (Å²) in [6, 6.07) is 7.92. The van der Waals surface area contributed by atoms with Crippen molar-refractivity contribution in [2.24, 2.45) is 5.92 Å². The van der Waals surface area contributed by atoms with E-state index in [1.54, 1.807) is 11.3 Å². The van der Waals surface area contributed by atoms with Crippen molar-refractivity contribution in [3.8, 4) is 0 Å². The molecule has 1 aliphatic rings. The summed E-state index contributed by atoms with van der Waals surface area (Å²) in [7, 11) is 0. The molecule has 2 heterocycles. The van der Waals surface area contributed by atoms with E-state index in [4.69, 9.17) is 0 Å². The maximum atomic E-state index is 11.9. The van der Waals surface area contributed by atoms with Crippen molar-refractivity contribution in [1.29, 1.82) is 0 Å². The molecule has 3 nitrogen and oxygen atoms in total. The highest BCUT2D eigenvalue weighted by molar-refractivity contribution is 7.17. The van der Waals surface area contributed by atoms with Crippen molar-refractivity contribution in [3.63, 3.8) is 0 Å². The summed E-state index contributed by atoms with van der Waals surface area (Å²) in [4.78, 5) is 11.9. The Kier molecular flexibility index (Phi) is 2.82. The number of carbonyl (C=O) groups is 1. The molecule has 1 aliphatic heterocycles. The number of rotatable bonds is 3. The molecule has 1 saturated heterocycles. The molecule has 0 unspecified atom stereocenters. The molecule has 2 aromatic rings. The fourth-order valence-electron chi connectivity index (χ4n) is 1.94. The van der Waals surface area contributed by atoms with Crippen LogP contribution in [-0.2, 0) is 0 Å². The van der Waals surface area contributed by atoms with Gasteiger partial charge < -0.3 is 10.6 Å². The van der Waals surface area contributed by atoms with Crippen molar-refractivity contribution in [3.05, 3.63) is 35.2 Å². The van der Waals surface area contributed by atoms with Crippen LogP contribution in [0.4, 0.5) is 0 Å². The molecule has 0 bridgehead atoms. The fraction of sp³-hybridized carbons (Fsp3) is 0.308. The molecule has 17 heavy (non-hydrogen) atoms. The molecule has 0 aliphatic carbocycles. The van der Waals surface area contributed by atoms with Crippen LogP contribution in [0.25, 0.3) is 10.1 Å². The number of benzene rings is 1. The SMILES string of the molecule is O=C(NCC1CNC1)c1ccc2sccc2c1. The zero-order valence-corrected chi connectivity index (χ0v) is 10.2. The van der Waals surface area contributed by atoms with Crippen molar-refractivity contribution >= 4 is 27.3 Å². The van der Waals surface area contributed by atoms with Crippen molar-refractivity contribution in [2.45, 2.75) is 0 Å². The lowest BCUT2D eigenvalue weighted by atomic mass is 10.0. The summed E-state index contributed by atoms with van der Waals surface area (Å²) in [6.07, 6.45) is 0. The molecule has 1 aromatic heterocycles. The number of thiophene rings is 1. The summed E-state index contributed by atoms with van der Waals surface area (Å²) in [5, 5.41) is 9.37. The van der Waals surface area contributed by atoms with Gasteiger partial charge in [0.05, 0.1) is 0 Å². The van der Waals surface area contributed by atoms with E-state index >= 15 is 0 Å². The van der Waals surface area contributed by atoms with E-state index in [9.17, 15) is 4.79 Å². The molecule has 1 aromatic carbocycles. The molecular weight excluding hydrogens is 232 g/mol. The minimum atomic E-state index is 0.0324. The lowest BCUT2D eigenvalue weighted by Crippen LogP contribution is -2.48. The molecule has 0 radical (unpaired) electrons. The largest absolute Gasteiger partial charge is 0.352 e. The molecule has 0 saturated carbocycles. The van der Waals surface area contributed by atoms with Crippen molar-refractivity contribution in [2.75, 3.05) is 19.6 Å². The zero-order valence-electron chi connectivity index (χ0n) is 9.40. The van der Waals surface area contributed by atoms with E-state index in [-0.39, 0.29) is 5.91 Å². The van der Waals surface area contributed by atoms with Crippen LogP contribution >= 0.6 is 11.3 Å². The van der Waals surface area contributed by atoms with E-state index < -0.39 is 0 Å². The van der Waals surface area contributed by atoms with Gasteiger partial charge in [-0.1, -0.05) is 0 Å².